The van der Waals surface area contributed by atoms with Crippen molar-refractivity contribution in [1.82, 2.24) is 19.5 Å². The van der Waals surface area contributed by atoms with E-state index in [0.717, 1.165) is 13.1 Å². The monoisotopic (exact) mass is 327 g/mol. The summed E-state index contributed by atoms with van der Waals surface area (Å²) in [5, 5.41) is 12.0. The van der Waals surface area contributed by atoms with Crippen LogP contribution in [-0.4, -0.2) is 33.2 Å². The Kier molecular flexibility index (Phi) is 3.14. The summed E-state index contributed by atoms with van der Waals surface area (Å²) in [6.45, 7) is 1.76. The van der Waals surface area contributed by atoms with Gasteiger partial charge in [-0.1, -0.05) is 0 Å². The molecule has 0 spiro atoms. The van der Waals surface area contributed by atoms with Crippen molar-refractivity contribution in [3.63, 3.8) is 0 Å². The van der Waals surface area contributed by atoms with Gasteiger partial charge in [0, 0.05) is 24.5 Å². The minimum atomic E-state index is -0.225. The predicted octanol–water partition coefficient (Wildman–Crippen LogP) is 1.50. The zero-order valence-electron chi connectivity index (χ0n) is 9.26. The summed E-state index contributed by atoms with van der Waals surface area (Å²) in [7, 11) is 0. The maximum Gasteiger partial charge on any atom is 0.277 e. The van der Waals surface area contributed by atoms with Crippen molar-refractivity contribution in [3.8, 4) is 0 Å². The smallest absolute Gasteiger partial charge is 0.277 e. The van der Waals surface area contributed by atoms with Crippen molar-refractivity contribution in [1.29, 1.82) is 0 Å². The van der Waals surface area contributed by atoms with E-state index in [4.69, 9.17) is 0 Å². The van der Waals surface area contributed by atoms with Gasteiger partial charge in [0.2, 0.25) is 0 Å². The molecule has 2 N–H and O–H groups in total. The van der Waals surface area contributed by atoms with Gasteiger partial charge in [0.05, 0.1) is 16.7 Å². The van der Waals surface area contributed by atoms with Crippen molar-refractivity contribution < 1.29 is 4.79 Å². The van der Waals surface area contributed by atoms with Crippen LogP contribution in [0, 0.1) is 0 Å². The third kappa shape index (κ3) is 2.06. The molecule has 1 amide bonds. The second kappa shape index (κ2) is 4.79. The molecule has 2 aromatic rings. The van der Waals surface area contributed by atoms with Gasteiger partial charge in [-0.25, -0.2) is 4.68 Å². The number of hydrogen-bond acceptors (Lipinski definition) is 5. The van der Waals surface area contributed by atoms with Crippen LogP contribution in [-0.2, 0) is 0 Å². The predicted molar refractivity (Wildman–Crippen MR) is 71.9 cm³/mol. The highest BCUT2D eigenvalue weighted by atomic mass is 79.9. The lowest BCUT2D eigenvalue weighted by atomic mass is 10.2. The summed E-state index contributed by atoms with van der Waals surface area (Å²) in [6, 6.07) is 2.10. The van der Waals surface area contributed by atoms with Gasteiger partial charge in [0.1, 0.15) is 5.82 Å². The number of nitrogens with one attached hydrogen (secondary N) is 2. The molecule has 6 nitrogen and oxygen atoms in total. The molecule has 0 aliphatic carbocycles. The molecule has 1 aliphatic heterocycles. The molecule has 1 saturated heterocycles. The Morgan fingerprint density at radius 1 is 1.61 bits per heavy atom. The normalized spacial score (nSPS) is 15.4. The van der Waals surface area contributed by atoms with Gasteiger partial charge in [-0.05, 0) is 27.5 Å². The highest BCUT2D eigenvalue weighted by molar-refractivity contribution is 9.10. The van der Waals surface area contributed by atoms with Gasteiger partial charge < -0.3 is 10.6 Å². The topological polar surface area (TPSA) is 71.8 Å². The summed E-state index contributed by atoms with van der Waals surface area (Å²) in [6.07, 6.45) is 1.68. The second-order valence-electron chi connectivity index (χ2n) is 3.94. The lowest BCUT2D eigenvalue weighted by molar-refractivity contribution is 0.102. The molecule has 0 unspecified atom stereocenters. The maximum absolute atomic E-state index is 12.0. The van der Waals surface area contributed by atoms with Gasteiger partial charge >= 0.3 is 0 Å². The molecule has 0 atom stereocenters. The quantitative estimate of drug-likeness (QED) is 0.896. The highest BCUT2D eigenvalue weighted by Crippen LogP contribution is 2.21. The second-order valence-corrected chi connectivity index (χ2v) is 5.42. The van der Waals surface area contributed by atoms with Gasteiger partial charge in [-0.2, -0.15) is 9.47 Å². The summed E-state index contributed by atoms with van der Waals surface area (Å²) in [5.74, 6) is 0.476. The molecular weight excluding hydrogens is 318 g/mol. The molecular formula is C10H10BrN5OS. The number of anilines is 1. The first-order valence-electron chi connectivity index (χ1n) is 5.41. The molecule has 1 fully saturated rings. The zero-order chi connectivity index (χ0) is 12.5. The van der Waals surface area contributed by atoms with Crippen molar-refractivity contribution in [2.24, 2.45) is 0 Å². The van der Waals surface area contributed by atoms with Crippen molar-refractivity contribution >= 4 is 39.2 Å². The Labute approximate surface area is 116 Å². The van der Waals surface area contributed by atoms with Crippen LogP contribution < -0.4 is 10.6 Å². The first-order chi connectivity index (χ1) is 8.75. The van der Waals surface area contributed by atoms with E-state index in [1.54, 1.807) is 17.6 Å². The van der Waals surface area contributed by atoms with Crippen LogP contribution in [0.15, 0.2) is 22.1 Å². The number of nitrogens with zero attached hydrogens (tertiary/aromatic N) is 3. The van der Waals surface area contributed by atoms with Crippen LogP contribution in [0.25, 0.3) is 0 Å². The molecule has 2 aromatic heterocycles. The largest absolute Gasteiger partial charge is 0.312 e. The number of rotatable bonds is 3. The van der Waals surface area contributed by atoms with Crippen LogP contribution in [0.5, 0.6) is 0 Å². The Morgan fingerprint density at radius 3 is 3.06 bits per heavy atom. The Morgan fingerprint density at radius 2 is 2.44 bits per heavy atom. The number of carbonyl (C=O) groups excluding carboxylic acids is 1. The molecule has 0 aromatic carbocycles. The van der Waals surface area contributed by atoms with E-state index >= 15 is 0 Å². The van der Waals surface area contributed by atoms with Crippen molar-refractivity contribution in [2.45, 2.75) is 6.04 Å². The minimum absolute atomic E-state index is 0.225. The number of carbonyl (C=O) groups is 1. The Bertz CT molecular complexity index is 576. The average molecular weight is 328 g/mol. The maximum atomic E-state index is 12.0. The first kappa shape index (κ1) is 11.8. The van der Waals surface area contributed by atoms with Gasteiger partial charge in [-0.3, -0.25) is 4.79 Å². The SMILES string of the molecule is O=C(Nc1ccnn1C1CNC1)c1nscc1Br. The number of amides is 1. The molecule has 18 heavy (non-hydrogen) atoms. The number of aromatic nitrogens is 3. The Hall–Kier alpha value is -1.25. The minimum Gasteiger partial charge on any atom is -0.312 e. The van der Waals surface area contributed by atoms with Crippen LogP contribution in [0.4, 0.5) is 5.82 Å². The van der Waals surface area contributed by atoms with Gasteiger partial charge in [0.15, 0.2) is 5.69 Å². The lowest BCUT2D eigenvalue weighted by Crippen LogP contribution is -2.44. The van der Waals surface area contributed by atoms with Crippen molar-refractivity contribution in [3.05, 3.63) is 27.8 Å². The van der Waals surface area contributed by atoms with Crippen LogP contribution in [0.3, 0.4) is 0 Å². The van der Waals surface area contributed by atoms with E-state index in [1.165, 1.54) is 11.5 Å². The molecule has 1 aliphatic rings. The van der Waals surface area contributed by atoms with E-state index in [1.807, 2.05) is 4.68 Å². The molecule has 3 rings (SSSR count). The third-order valence-corrected chi connectivity index (χ3v) is 4.30. The summed E-state index contributed by atoms with van der Waals surface area (Å²) in [4.78, 5) is 12.0. The highest BCUT2D eigenvalue weighted by Gasteiger charge is 2.23. The number of halogens is 1. The Balaban J connectivity index is 1.78. The van der Waals surface area contributed by atoms with Crippen LogP contribution in [0.2, 0.25) is 0 Å². The summed E-state index contributed by atoms with van der Waals surface area (Å²) >= 11 is 4.54. The van der Waals surface area contributed by atoms with E-state index in [9.17, 15) is 4.79 Å². The fraction of sp³-hybridized carbons (Fsp3) is 0.300. The van der Waals surface area contributed by atoms with Gasteiger partial charge in [-0.15, -0.1) is 0 Å². The molecule has 94 valence electrons. The van der Waals surface area contributed by atoms with E-state index in [2.05, 4.69) is 36.0 Å². The fourth-order valence-electron chi connectivity index (χ4n) is 1.70. The molecule has 3 heterocycles. The molecule has 8 heteroatoms. The van der Waals surface area contributed by atoms with Crippen LogP contribution in [0.1, 0.15) is 16.5 Å². The van der Waals surface area contributed by atoms with Gasteiger partial charge in [0.25, 0.3) is 5.91 Å². The summed E-state index contributed by atoms with van der Waals surface area (Å²) < 4.78 is 6.58. The zero-order valence-corrected chi connectivity index (χ0v) is 11.7. The fourth-order valence-corrected chi connectivity index (χ4v) is 2.88. The number of hydrogen-bond donors (Lipinski definition) is 2. The lowest BCUT2D eigenvalue weighted by Gasteiger charge is -2.28. The average Bonchev–Trinajstić information content (AvgIpc) is 2.86. The van der Waals surface area contributed by atoms with E-state index in [-0.39, 0.29) is 5.91 Å². The molecule has 0 saturated carbocycles. The molecule has 0 bridgehead atoms. The third-order valence-electron chi connectivity index (χ3n) is 2.76. The first-order valence-corrected chi connectivity index (χ1v) is 7.04. The van der Waals surface area contributed by atoms with E-state index < -0.39 is 0 Å². The van der Waals surface area contributed by atoms with E-state index in [0.29, 0.717) is 22.0 Å². The van der Waals surface area contributed by atoms with Crippen LogP contribution >= 0.6 is 27.5 Å². The standard InChI is InChI=1S/C10H10BrN5OS/c11-7-5-18-15-9(7)10(17)14-8-1-2-13-16(8)6-3-12-4-6/h1-2,5-6,12H,3-4H2,(H,14,17). The summed E-state index contributed by atoms with van der Waals surface area (Å²) in [5.41, 5.74) is 0.402. The van der Waals surface area contributed by atoms with Crippen molar-refractivity contribution in [2.75, 3.05) is 18.4 Å². The molecule has 0 radical (unpaired) electrons.